The Morgan fingerprint density at radius 1 is 0.466 bits per heavy atom. The fraction of sp³-hybridized carbons (Fsp3) is 0.324. The molecule has 324 valence electrons. The fourth-order valence-electron chi connectivity index (χ4n) is 5.77. The van der Waals surface area contributed by atoms with Crippen LogP contribution in [0.4, 0.5) is 34.5 Å². The number of aryl methyl sites for hydroxylation is 4. The Kier molecular flexibility index (Phi) is 23.7. The second kappa shape index (κ2) is 25.5. The molecule has 0 aliphatic rings. The molecule has 0 fully saturated rings. The van der Waals surface area contributed by atoms with Crippen molar-refractivity contribution in [1.82, 2.24) is 38.2 Å². The number of benzene rings is 2. The summed E-state index contributed by atoms with van der Waals surface area (Å²) in [7, 11) is -12.0. The molecule has 58 heavy (non-hydrogen) atoms. The number of carbonyl (C=O) groups excluding carboxylic acids is 1. The molecule has 0 spiro atoms. The molecule has 4 heterocycles. The van der Waals surface area contributed by atoms with Crippen molar-refractivity contribution in [2.45, 2.75) is 81.6 Å². The first-order valence-corrected chi connectivity index (χ1v) is 17.2. The number of aromatic nitrogens is 8. The van der Waals surface area contributed by atoms with Crippen LogP contribution in [-0.2, 0) is 75.7 Å². The van der Waals surface area contributed by atoms with Crippen LogP contribution in [0.15, 0.2) is 87.0 Å². The first-order valence-electron chi connectivity index (χ1n) is 17.2. The molecule has 0 N–H and O–H groups in total. The van der Waals surface area contributed by atoms with Crippen LogP contribution in [0.25, 0.3) is 0 Å². The van der Waals surface area contributed by atoms with Crippen molar-refractivity contribution in [1.29, 1.82) is 0 Å². The van der Waals surface area contributed by atoms with Crippen LogP contribution in [0.2, 0.25) is 0 Å². The molecule has 0 aliphatic carbocycles. The zero-order chi connectivity index (χ0) is 42.2. The summed E-state index contributed by atoms with van der Waals surface area (Å²) in [5, 5.41) is 0. The molecule has 2 aromatic carbocycles. The van der Waals surface area contributed by atoms with E-state index in [1.165, 1.54) is 69.5 Å². The molecule has 0 saturated carbocycles. The summed E-state index contributed by atoms with van der Waals surface area (Å²) in [5.74, 6) is 0.167. The van der Waals surface area contributed by atoms with Crippen molar-refractivity contribution in [2.75, 3.05) is 0 Å². The number of halogens is 8. The van der Waals surface area contributed by atoms with E-state index in [4.69, 9.17) is 0 Å². The third-order valence-corrected chi connectivity index (χ3v) is 8.18. The molecular weight excluding hydrogens is 962 g/mol. The van der Waals surface area contributed by atoms with Gasteiger partial charge in [-0.1, -0.05) is 12.1 Å². The minimum absolute atomic E-state index is 0. The second-order valence-corrected chi connectivity index (χ2v) is 13.0. The molecule has 0 bridgehead atoms. The monoisotopic (exact) mass is 1010 g/mol. The van der Waals surface area contributed by atoms with Gasteiger partial charge in [-0.3, -0.25) is 0 Å². The van der Waals surface area contributed by atoms with Crippen LogP contribution in [0.1, 0.15) is 69.5 Å². The minimum atomic E-state index is -6.00. The average Bonchev–Trinajstić information content (AvgIpc) is 3.90. The van der Waals surface area contributed by atoms with Gasteiger partial charge in [0.05, 0.1) is 25.3 Å². The number of imidazole rings is 4. The largest absolute Gasteiger partial charge is 1.00 e. The van der Waals surface area contributed by atoms with Gasteiger partial charge in [-0.2, -0.15) is 0 Å². The maximum Gasteiger partial charge on any atom is 1.00 e. The maximum atomic E-state index is 9.75. The summed E-state index contributed by atoms with van der Waals surface area (Å²) in [4.78, 5) is 26.0. The van der Waals surface area contributed by atoms with Gasteiger partial charge < -0.3 is 57.6 Å². The first kappa shape index (κ1) is 54.0. The van der Waals surface area contributed by atoms with Crippen LogP contribution in [0.3, 0.4) is 0 Å². The number of hydrogen-bond acceptors (Lipinski definition) is 5. The topological polar surface area (TPSA) is 88.4 Å². The van der Waals surface area contributed by atoms with Gasteiger partial charge in [0.25, 0.3) is 0 Å². The van der Waals surface area contributed by atoms with Gasteiger partial charge in [-0.05, 0) is 111 Å². The third kappa shape index (κ3) is 21.1. The predicted molar refractivity (Wildman–Crippen MR) is 203 cm³/mol. The van der Waals surface area contributed by atoms with Crippen molar-refractivity contribution in [3.63, 3.8) is 0 Å². The van der Waals surface area contributed by atoms with Crippen LogP contribution in [0, 0.1) is 41.5 Å². The van der Waals surface area contributed by atoms with E-state index in [0.29, 0.717) is 0 Å². The molecule has 6 aromatic rings. The van der Waals surface area contributed by atoms with Gasteiger partial charge >= 0.3 is 59.3 Å². The number of hydrogen-bond donors (Lipinski definition) is 0. The standard InChI is InChI=1S/2C17H20N4.C3H6O.2Ag.2BF4/c2*1-13-8-14(2)17(10-21-7-5-19-12-21)15(3)16(13)9-20-6-4-18-11-20;1-3(2)4;;;2*2-1(3,4)5/h2*4-8,11-12H,9-10H2,1-3H3;1-2H3;;;;/q;;;2*+1;2*-1. The van der Waals surface area contributed by atoms with Crippen molar-refractivity contribution in [3.8, 4) is 0 Å². The van der Waals surface area contributed by atoms with Crippen molar-refractivity contribution in [3.05, 3.63) is 143 Å². The normalized spacial score (nSPS) is 10.5. The van der Waals surface area contributed by atoms with Gasteiger partial charge in [0, 0.05) is 75.8 Å². The molecule has 4 aromatic heterocycles. The summed E-state index contributed by atoms with van der Waals surface area (Å²) in [5.41, 5.74) is 13.6. The summed E-state index contributed by atoms with van der Waals surface area (Å²) < 4.78 is 86.5. The third-order valence-electron chi connectivity index (χ3n) is 8.18. The van der Waals surface area contributed by atoms with Crippen molar-refractivity contribution < 1.29 is 84.1 Å². The Bertz CT molecular complexity index is 1780. The van der Waals surface area contributed by atoms with E-state index in [1.807, 2.05) is 74.9 Å². The average molecular weight is 1010 g/mol. The number of rotatable bonds is 8. The van der Waals surface area contributed by atoms with Gasteiger partial charge in [0.2, 0.25) is 0 Å². The van der Waals surface area contributed by atoms with Crippen LogP contribution < -0.4 is 0 Å². The number of ketones is 1. The maximum absolute atomic E-state index is 9.75. The fourth-order valence-corrected chi connectivity index (χ4v) is 5.77. The Morgan fingerprint density at radius 3 is 0.776 bits per heavy atom. The molecule has 21 heteroatoms. The summed E-state index contributed by atoms with van der Waals surface area (Å²) in [6.45, 7) is 19.7. The summed E-state index contributed by atoms with van der Waals surface area (Å²) >= 11 is 0. The van der Waals surface area contributed by atoms with Gasteiger partial charge in [-0.25, -0.2) is 19.9 Å². The molecule has 0 aliphatic heterocycles. The number of carbonyl (C=O) groups is 1. The predicted octanol–water partition coefficient (Wildman–Crippen LogP) is 9.39. The Hall–Kier alpha value is -4.00. The molecule has 0 amide bonds. The minimum Gasteiger partial charge on any atom is -0.418 e. The summed E-state index contributed by atoms with van der Waals surface area (Å²) in [6, 6.07) is 4.57. The van der Waals surface area contributed by atoms with Crippen LogP contribution in [0.5, 0.6) is 0 Å². The van der Waals surface area contributed by atoms with E-state index in [0.717, 1.165) is 26.2 Å². The van der Waals surface area contributed by atoms with Crippen molar-refractivity contribution >= 4 is 20.3 Å². The Balaban J connectivity index is 0.000000826. The van der Waals surface area contributed by atoms with Gasteiger partial charge in [-0.15, -0.1) is 0 Å². The van der Waals surface area contributed by atoms with Gasteiger partial charge in [0.1, 0.15) is 5.78 Å². The number of Topliss-reactive ketones (excluding diaryl/α,β-unsaturated/α-hetero) is 1. The quantitative estimate of drug-likeness (QED) is 0.112. The SMILES string of the molecule is CC(C)=O.Cc1cc(C)c(Cn2ccnc2)c(C)c1Cn1ccnc1.Cc1cc(C)c(Cn2ccnc2)c(C)c1Cn1ccnc1.F[B-](F)(F)F.F[B-](F)(F)F.[Ag+].[Ag+]. The van der Waals surface area contributed by atoms with E-state index in [1.54, 1.807) is 0 Å². The zero-order valence-electron chi connectivity index (χ0n) is 33.2. The van der Waals surface area contributed by atoms with E-state index < -0.39 is 14.5 Å². The van der Waals surface area contributed by atoms with E-state index in [-0.39, 0.29) is 50.5 Å². The van der Waals surface area contributed by atoms with Crippen molar-refractivity contribution in [2.24, 2.45) is 0 Å². The molecule has 9 nitrogen and oxygen atoms in total. The molecule has 0 saturated heterocycles. The van der Waals surface area contributed by atoms with Crippen LogP contribution >= 0.6 is 0 Å². The molecule has 0 unspecified atom stereocenters. The first-order chi connectivity index (χ1) is 26.0. The van der Waals surface area contributed by atoms with E-state index >= 15 is 0 Å². The molecule has 6 rings (SSSR count). The van der Waals surface area contributed by atoms with Crippen LogP contribution in [-0.4, -0.2) is 58.5 Å². The Morgan fingerprint density at radius 2 is 0.638 bits per heavy atom. The smallest absolute Gasteiger partial charge is 0.418 e. The molecule has 0 radical (unpaired) electrons. The molecular formula is C37H46Ag2B2F8N8O. The zero-order valence-corrected chi connectivity index (χ0v) is 36.1. The Labute approximate surface area is 365 Å². The van der Waals surface area contributed by atoms with E-state index in [2.05, 4.69) is 91.9 Å². The molecule has 0 atom stereocenters. The van der Waals surface area contributed by atoms with Gasteiger partial charge in [0.15, 0.2) is 0 Å². The second-order valence-electron chi connectivity index (χ2n) is 13.0. The van der Waals surface area contributed by atoms with E-state index in [9.17, 15) is 39.3 Å². The summed E-state index contributed by atoms with van der Waals surface area (Å²) in [6.07, 6.45) is 22.8. The number of nitrogens with zero attached hydrogens (tertiary/aromatic N) is 8.